The molecule has 1 unspecified atom stereocenters. The lowest BCUT2D eigenvalue weighted by Gasteiger charge is -2.32. The van der Waals surface area contributed by atoms with Crippen LogP contribution in [0.4, 0.5) is 0 Å². The summed E-state index contributed by atoms with van der Waals surface area (Å²) in [7, 11) is 2.06. The molecule has 4 heteroatoms. The van der Waals surface area contributed by atoms with E-state index in [0.717, 1.165) is 17.3 Å². The Bertz CT molecular complexity index is 327. The summed E-state index contributed by atoms with van der Waals surface area (Å²) in [5.74, 6) is 0. The highest BCUT2D eigenvalue weighted by Crippen LogP contribution is 2.22. The third-order valence-corrected chi connectivity index (χ3v) is 4.51. The summed E-state index contributed by atoms with van der Waals surface area (Å²) in [6.07, 6.45) is 3.77. The van der Waals surface area contributed by atoms with Gasteiger partial charge in [-0.05, 0) is 45.0 Å². The number of hydrogen-bond acceptors (Lipinski definition) is 3. The maximum absolute atomic E-state index is 5.92. The van der Waals surface area contributed by atoms with Crippen LogP contribution in [0.1, 0.15) is 17.7 Å². The molecule has 2 rings (SSSR count). The normalized spacial score (nSPS) is 22.5. The monoisotopic (exact) mass is 258 g/mol. The highest BCUT2D eigenvalue weighted by molar-refractivity contribution is 7.16. The molecule has 1 atom stereocenters. The van der Waals surface area contributed by atoms with Crippen molar-refractivity contribution in [3.05, 3.63) is 21.3 Å². The van der Waals surface area contributed by atoms with Crippen molar-refractivity contribution in [3.8, 4) is 0 Å². The third-order valence-electron chi connectivity index (χ3n) is 3.22. The molecule has 1 aromatic heterocycles. The van der Waals surface area contributed by atoms with Crippen molar-refractivity contribution in [2.45, 2.75) is 25.3 Å². The van der Waals surface area contributed by atoms with Gasteiger partial charge in [-0.2, -0.15) is 0 Å². The van der Waals surface area contributed by atoms with Crippen molar-refractivity contribution in [1.29, 1.82) is 0 Å². The van der Waals surface area contributed by atoms with Crippen LogP contribution in [0, 0.1) is 0 Å². The Morgan fingerprint density at radius 1 is 1.56 bits per heavy atom. The van der Waals surface area contributed by atoms with Crippen LogP contribution in [-0.4, -0.2) is 37.6 Å². The number of nitrogens with zero attached hydrogens (tertiary/aromatic N) is 1. The SMILES string of the molecule is CNC1CCCN(CCc2ccc(Cl)s2)C1. The fourth-order valence-corrected chi connectivity index (χ4v) is 3.32. The van der Waals surface area contributed by atoms with Gasteiger partial charge in [-0.1, -0.05) is 11.6 Å². The summed E-state index contributed by atoms with van der Waals surface area (Å²) in [5.41, 5.74) is 0. The van der Waals surface area contributed by atoms with Gasteiger partial charge in [0.15, 0.2) is 0 Å². The summed E-state index contributed by atoms with van der Waals surface area (Å²) in [5, 5.41) is 3.38. The van der Waals surface area contributed by atoms with Crippen LogP contribution in [0.25, 0.3) is 0 Å². The topological polar surface area (TPSA) is 15.3 Å². The Labute approximate surface area is 107 Å². The van der Waals surface area contributed by atoms with Crippen molar-refractivity contribution in [3.63, 3.8) is 0 Å². The zero-order valence-electron chi connectivity index (χ0n) is 9.71. The van der Waals surface area contributed by atoms with Crippen LogP contribution in [0.5, 0.6) is 0 Å². The van der Waals surface area contributed by atoms with Crippen LogP contribution in [0.3, 0.4) is 0 Å². The fourth-order valence-electron chi connectivity index (χ4n) is 2.25. The van der Waals surface area contributed by atoms with Gasteiger partial charge in [0.05, 0.1) is 4.34 Å². The van der Waals surface area contributed by atoms with Crippen molar-refractivity contribution in [1.82, 2.24) is 10.2 Å². The van der Waals surface area contributed by atoms with Gasteiger partial charge in [-0.25, -0.2) is 0 Å². The largest absolute Gasteiger partial charge is 0.316 e. The fraction of sp³-hybridized carbons (Fsp3) is 0.667. The molecule has 1 N–H and O–H groups in total. The average Bonchev–Trinajstić information content (AvgIpc) is 2.73. The number of likely N-dealkylation sites (N-methyl/N-ethyl adjacent to an activating group) is 1. The first kappa shape index (κ1) is 12.4. The van der Waals surface area contributed by atoms with E-state index >= 15 is 0 Å². The van der Waals surface area contributed by atoms with Gasteiger partial charge >= 0.3 is 0 Å². The van der Waals surface area contributed by atoms with E-state index in [-0.39, 0.29) is 0 Å². The highest BCUT2D eigenvalue weighted by atomic mass is 35.5. The first-order chi connectivity index (χ1) is 7.78. The van der Waals surface area contributed by atoms with E-state index in [0.29, 0.717) is 6.04 Å². The first-order valence-corrected chi connectivity index (χ1v) is 7.11. The maximum Gasteiger partial charge on any atom is 0.0931 e. The lowest BCUT2D eigenvalue weighted by Crippen LogP contribution is -2.44. The lowest BCUT2D eigenvalue weighted by molar-refractivity contribution is 0.197. The van der Waals surface area contributed by atoms with Gasteiger partial charge in [-0.15, -0.1) is 11.3 Å². The van der Waals surface area contributed by atoms with Gasteiger partial charge < -0.3 is 10.2 Å². The second-order valence-corrected chi connectivity index (χ2v) is 6.18. The molecule has 90 valence electrons. The Balaban J connectivity index is 1.77. The Hall–Kier alpha value is -0.0900. The molecule has 1 fully saturated rings. The number of nitrogens with one attached hydrogen (secondary N) is 1. The molecule has 1 aliphatic heterocycles. The number of piperidine rings is 1. The van der Waals surface area contributed by atoms with Gasteiger partial charge in [0.25, 0.3) is 0 Å². The minimum atomic E-state index is 0.681. The second kappa shape index (κ2) is 6.01. The van der Waals surface area contributed by atoms with E-state index < -0.39 is 0 Å². The number of rotatable bonds is 4. The number of likely N-dealkylation sites (tertiary alicyclic amines) is 1. The smallest absolute Gasteiger partial charge is 0.0931 e. The van der Waals surface area contributed by atoms with Crippen LogP contribution in [-0.2, 0) is 6.42 Å². The molecular weight excluding hydrogens is 240 g/mol. The maximum atomic E-state index is 5.92. The number of halogens is 1. The van der Waals surface area contributed by atoms with E-state index in [1.807, 2.05) is 6.07 Å². The predicted molar refractivity (Wildman–Crippen MR) is 71.6 cm³/mol. The number of hydrogen-bond donors (Lipinski definition) is 1. The Morgan fingerprint density at radius 3 is 3.12 bits per heavy atom. The second-order valence-electron chi connectivity index (χ2n) is 4.38. The predicted octanol–water partition coefficient (Wildman–Crippen LogP) is 2.63. The lowest BCUT2D eigenvalue weighted by atomic mass is 10.1. The summed E-state index contributed by atoms with van der Waals surface area (Å²) < 4.78 is 0.904. The molecule has 2 heterocycles. The van der Waals surface area contributed by atoms with Crippen LogP contribution < -0.4 is 5.32 Å². The van der Waals surface area contributed by atoms with Crippen molar-refractivity contribution in [2.24, 2.45) is 0 Å². The summed E-state index contributed by atoms with van der Waals surface area (Å²) >= 11 is 7.63. The zero-order valence-corrected chi connectivity index (χ0v) is 11.3. The quantitative estimate of drug-likeness (QED) is 0.893. The molecule has 0 saturated carbocycles. The number of thiophene rings is 1. The van der Waals surface area contributed by atoms with Gasteiger partial charge in [0.1, 0.15) is 0 Å². The minimum Gasteiger partial charge on any atom is -0.316 e. The molecule has 1 saturated heterocycles. The van der Waals surface area contributed by atoms with Crippen LogP contribution in [0.15, 0.2) is 12.1 Å². The Morgan fingerprint density at radius 2 is 2.44 bits per heavy atom. The van der Waals surface area contributed by atoms with Gasteiger partial charge in [-0.3, -0.25) is 0 Å². The molecular formula is C12H19ClN2S. The van der Waals surface area contributed by atoms with E-state index in [1.165, 1.54) is 30.8 Å². The van der Waals surface area contributed by atoms with Crippen LogP contribution >= 0.6 is 22.9 Å². The molecule has 0 aromatic carbocycles. The summed E-state index contributed by atoms with van der Waals surface area (Å²) in [6, 6.07) is 4.82. The van der Waals surface area contributed by atoms with Crippen molar-refractivity contribution >= 4 is 22.9 Å². The molecule has 1 aromatic rings. The zero-order chi connectivity index (χ0) is 11.4. The Kier molecular flexibility index (Phi) is 4.65. The van der Waals surface area contributed by atoms with E-state index in [4.69, 9.17) is 11.6 Å². The molecule has 0 radical (unpaired) electrons. The van der Waals surface area contributed by atoms with E-state index in [2.05, 4.69) is 23.3 Å². The molecule has 0 aliphatic carbocycles. The molecule has 0 spiro atoms. The third kappa shape index (κ3) is 3.45. The van der Waals surface area contributed by atoms with Crippen molar-refractivity contribution < 1.29 is 0 Å². The molecule has 0 bridgehead atoms. The molecule has 16 heavy (non-hydrogen) atoms. The highest BCUT2D eigenvalue weighted by Gasteiger charge is 2.17. The van der Waals surface area contributed by atoms with Crippen LogP contribution in [0.2, 0.25) is 4.34 Å². The van der Waals surface area contributed by atoms with Gasteiger partial charge in [0.2, 0.25) is 0 Å². The standard InChI is InChI=1S/C12H19ClN2S/c1-14-10-3-2-7-15(9-10)8-6-11-4-5-12(13)16-11/h4-5,10,14H,2-3,6-9H2,1H3. The molecule has 2 nitrogen and oxygen atoms in total. The average molecular weight is 259 g/mol. The molecule has 0 amide bonds. The summed E-state index contributed by atoms with van der Waals surface area (Å²) in [6.45, 7) is 3.60. The summed E-state index contributed by atoms with van der Waals surface area (Å²) in [4.78, 5) is 3.95. The van der Waals surface area contributed by atoms with Gasteiger partial charge in [0, 0.05) is 24.0 Å². The minimum absolute atomic E-state index is 0.681. The van der Waals surface area contributed by atoms with E-state index in [1.54, 1.807) is 11.3 Å². The van der Waals surface area contributed by atoms with Crippen molar-refractivity contribution in [2.75, 3.05) is 26.7 Å². The first-order valence-electron chi connectivity index (χ1n) is 5.92. The molecule has 1 aliphatic rings. The van der Waals surface area contributed by atoms with E-state index in [9.17, 15) is 0 Å².